The van der Waals surface area contributed by atoms with Crippen LogP contribution < -0.4 is 10.1 Å². The van der Waals surface area contributed by atoms with Gasteiger partial charge in [0, 0.05) is 6.04 Å². The van der Waals surface area contributed by atoms with Crippen molar-refractivity contribution in [1.29, 1.82) is 0 Å². The minimum atomic E-state index is -1.58. The lowest BCUT2D eigenvalue weighted by Crippen LogP contribution is -2.34. The van der Waals surface area contributed by atoms with Gasteiger partial charge in [0.05, 0.1) is 20.9 Å². The van der Waals surface area contributed by atoms with E-state index >= 15 is 0 Å². The van der Waals surface area contributed by atoms with Crippen LogP contribution in [0.1, 0.15) is 36.2 Å². The van der Waals surface area contributed by atoms with Gasteiger partial charge in [-0.15, -0.1) is 0 Å². The third kappa shape index (κ3) is 6.01. The van der Waals surface area contributed by atoms with Gasteiger partial charge in [-0.25, -0.2) is 0 Å². The summed E-state index contributed by atoms with van der Waals surface area (Å²) < 4.78 is 17.9. The van der Waals surface area contributed by atoms with Crippen molar-refractivity contribution in [2.75, 3.05) is 0 Å². The molecule has 1 amide bonds. The Morgan fingerprint density at radius 1 is 1.23 bits per heavy atom. The second-order valence-electron chi connectivity index (χ2n) is 6.63. The van der Waals surface area contributed by atoms with Gasteiger partial charge >= 0.3 is 5.97 Å². The first kappa shape index (κ1) is 24.3. The van der Waals surface area contributed by atoms with E-state index in [2.05, 4.69) is 37.2 Å². The SMILES string of the molecule is CC(CC(=O)O)NC(=O)c1cc(Oc2c(Br)cc(C(C)(O)P=O)cc2Br)ccc1O. The lowest BCUT2D eigenvalue weighted by Gasteiger charge is -2.18. The Balaban J connectivity index is 2.30. The monoisotopic (exact) mass is 561 g/mol. The largest absolute Gasteiger partial charge is 0.507 e. The molecule has 0 radical (unpaired) electrons. The number of ether oxygens (including phenoxy) is 1. The van der Waals surface area contributed by atoms with Gasteiger partial charge in [0.1, 0.15) is 11.5 Å². The van der Waals surface area contributed by atoms with E-state index in [9.17, 15) is 24.4 Å². The minimum Gasteiger partial charge on any atom is -0.507 e. The smallest absolute Gasteiger partial charge is 0.305 e. The Bertz CT molecular complexity index is 974. The van der Waals surface area contributed by atoms with Crippen LogP contribution in [0.4, 0.5) is 0 Å². The molecule has 0 saturated heterocycles. The van der Waals surface area contributed by atoms with Crippen molar-refractivity contribution in [3.8, 4) is 17.2 Å². The zero-order chi connectivity index (χ0) is 22.6. The molecule has 0 aliphatic carbocycles. The van der Waals surface area contributed by atoms with Crippen molar-refractivity contribution in [2.45, 2.75) is 31.7 Å². The van der Waals surface area contributed by atoms with Crippen LogP contribution in [0.15, 0.2) is 39.3 Å². The van der Waals surface area contributed by atoms with Gasteiger partial charge in [-0.2, -0.15) is 0 Å². The number of aromatic hydroxyl groups is 1. The number of carboxylic acids is 1. The molecule has 0 aromatic heterocycles. The number of aliphatic carboxylic acids is 1. The first-order valence-electron chi connectivity index (χ1n) is 8.54. The summed E-state index contributed by atoms with van der Waals surface area (Å²) in [7, 11) is -0.467. The van der Waals surface area contributed by atoms with Crippen LogP contribution in [0.2, 0.25) is 0 Å². The zero-order valence-corrected chi connectivity index (χ0v) is 19.9. The van der Waals surface area contributed by atoms with E-state index in [1.807, 2.05) is 0 Å². The predicted octanol–water partition coefficient (Wildman–Crippen LogP) is 4.76. The summed E-state index contributed by atoms with van der Waals surface area (Å²) in [5.41, 5.74) is 0.296. The number of aliphatic hydroxyl groups is 1. The van der Waals surface area contributed by atoms with Gasteiger partial charge in [0.25, 0.3) is 5.91 Å². The molecule has 4 N–H and O–H groups in total. The minimum absolute atomic E-state index is 0.0818. The molecule has 2 unspecified atom stereocenters. The Hall–Kier alpha value is -2.00. The Morgan fingerprint density at radius 3 is 2.37 bits per heavy atom. The van der Waals surface area contributed by atoms with Crippen molar-refractivity contribution >= 4 is 52.2 Å². The maximum absolute atomic E-state index is 12.4. The van der Waals surface area contributed by atoms with E-state index in [1.165, 1.54) is 32.0 Å². The molecule has 0 bridgehead atoms. The van der Waals surface area contributed by atoms with E-state index in [-0.39, 0.29) is 23.5 Å². The average molecular weight is 563 g/mol. The molecule has 30 heavy (non-hydrogen) atoms. The lowest BCUT2D eigenvalue weighted by atomic mass is 10.1. The molecule has 0 heterocycles. The van der Waals surface area contributed by atoms with Gasteiger partial charge in [0.2, 0.25) is 0 Å². The summed E-state index contributed by atoms with van der Waals surface area (Å²) in [4.78, 5) is 23.1. The van der Waals surface area contributed by atoms with Crippen molar-refractivity contribution in [1.82, 2.24) is 5.32 Å². The normalized spacial score (nSPS) is 14.0. The molecule has 2 aromatic rings. The number of rotatable bonds is 8. The predicted molar refractivity (Wildman–Crippen MR) is 116 cm³/mol. The lowest BCUT2D eigenvalue weighted by molar-refractivity contribution is -0.137. The number of carboxylic acid groups (broad SMARTS) is 1. The number of nitrogens with one attached hydrogen (secondary N) is 1. The summed E-state index contributed by atoms with van der Waals surface area (Å²) in [6.07, 6.45) is -0.262. The standard InChI is InChI=1S/C19H18Br2NO7P/c1-9(5-16(24)25)22-18(26)12-8-11(3-4-15(12)23)29-17-13(20)6-10(7-14(17)21)19(2,27)30-28/h3-4,6-9,23,27H,5H2,1-2H3,(H,22,26)(H,24,25). The third-order valence-corrected chi connectivity index (χ3v) is 5.81. The van der Waals surface area contributed by atoms with Crippen LogP contribution in [0, 0.1) is 0 Å². The number of hydrogen-bond acceptors (Lipinski definition) is 6. The second kappa shape index (κ2) is 9.87. The number of amides is 1. The van der Waals surface area contributed by atoms with Gasteiger partial charge < -0.3 is 25.4 Å². The van der Waals surface area contributed by atoms with Gasteiger partial charge in [-0.1, -0.05) is 0 Å². The third-order valence-electron chi connectivity index (χ3n) is 4.01. The highest BCUT2D eigenvalue weighted by Crippen LogP contribution is 2.42. The molecule has 0 saturated carbocycles. The molecule has 0 aliphatic rings. The zero-order valence-electron chi connectivity index (χ0n) is 15.8. The van der Waals surface area contributed by atoms with Crippen molar-refractivity contribution in [3.05, 3.63) is 50.4 Å². The molecular weight excluding hydrogens is 545 g/mol. The number of phenols is 1. The summed E-state index contributed by atoms with van der Waals surface area (Å²) >= 11 is 6.68. The Labute approximate surface area is 190 Å². The molecule has 2 aromatic carbocycles. The maximum Gasteiger partial charge on any atom is 0.305 e. The number of carbonyl (C=O) groups excluding carboxylic acids is 1. The van der Waals surface area contributed by atoms with Gasteiger partial charge in [-0.3, -0.25) is 14.2 Å². The van der Waals surface area contributed by atoms with Crippen molar-refractivity contribution in [2.24, 2.45) is 0 Å². The fourth-order valence-corrected chi connectivity index (χ4v) is 4.06. The maximum atomic E-state index is 12.4. The van der Waals surface area contributed by atoms with E-state index in [4.69, 9.17) is 9.84 Å². The Morgan fingerprint density at radius 2 is 1.83 bits per heavy atom. The van der Waals surface area contributed by atoms with Crippen molar-refractivity contribution in [3.63, 3.8) is 0 Å². The molecule has 11 heteroatoms. The fraction of sp³-hybridized carbons (Fsp3) is 0.263. The van der Waals surface area contributed by atoms with Crippen LogP contribution in [-0.2, 0) is 14.7 Å². The van der Waals surface area contributed by atoms with E-state index in [0.29, 0.717) is 20.3 Å². The second-order valence-corrected chi connectivity index (χ2v) is 9.40. The highest BCUT2D eigenvalue weighted by atomic mass is 79.9. The number of benzene rings is 2. The highest BCUT2D eigenvalue weighted by Gasteiger charge is 2.26. The summed E-state index contributed by atoms with van der Waals surface area (Å²) in [5, 5.41) is 29.9. The van der Waals surface area contributed by atoms with Crippen LogP contribution in [0.25, 0.3) is 0 Å². The quantitative estimate of drug-likeness (QED) is 0.341. The molecule has 0 aliphatic heterocycles. The average Bonchev–Trinajstić information content (AvgIpc) is 2.64. The summed E-state index contributed by atoms with van der Waals surface area (Å²) in [6, 6.07) is 6.51. The fourth-order valence-electron chi connectivity index (χ4n) is 2.48. The van der Waals surface area contributed by atoms with E-state index < -0.39 is 31.7 Å². The number of hydrogen-bond donors (Lipinski definition) is 4. The molecule has 2 atom stereocenters. The van der Waals surface area contributed by atoms with Crippen LogP contribution >= 0.6 is 40.3 Å². The topological polar surface area (TPSA) is 133 Å². The molecule has 8 nitrogen and oxygen atoms in total. The molecule has 160 valence electrons. The Kier molecular flexibility index (Phi) is 7.99. The van der Waals surface area contributed by atoms with Crippen LogP contribution in [-0.4, -0.2) is 33.2 Å². The molecule has 2 rings (SSSR count). The van der Waals surface area contributed by atoms with Crippen molar-refractivity contribution < 1.29 is 34.2 Å². The van der Waals surface area contributed by atoms with Gasteiger partial charge in [0.15, 0.2) is 19.6 Å². The summed E-state index contributed by atoms with van der Waals surface area (Å²) in [5.74, 6) is -1.44. The van der Waals surface area contributed by atoms with Gasteiger partial charge in [-0.05, 0) is 81.6 Å². The molecule has 0 spiro atoms. The molecule has 0 fully saturated rings. The number of carbonyl (C=O) groups is 2. The highest BCUT2D eigenvalue weighted by molar-refractivity contribution is 9.11. The summed E-state index contributed by atoms with van der Waals surface area (Å²) in [6.45, 7) is 2.93. The van der Waals surface area contributed by atoms with E-state index in [0.717, 1.165) is 0 Å². The first-order chi connectivity index (χ1) is 13.9. The first-order valence-corrected chi connectivity index (χ1v) is 10.9. The van der Waals surface area contributed by atoms with Crippen LogP contribution in [0.3, 0.4) is 0 Å². The van der Waals surface area contributed by atoms with E-state index in [1.54, 1.807) is 12.1 Å². The molecular formula is C19H18Br2NO7P. The number of phenolic OH excluding ortho intramolecular Hbond substituents is 1. The van der Waals surface area contributed by atoms with Crippen LogP contribution in [0.5, 0.6) is 17.2 Å². The number of halogens is 2.